The zero-order chi connectivity index (χ0) is 13.0. The van der Waals surface area contributed by atoms with E-state index in [9.17, 15) is 4.39 Å². The second-order valence-corrected chi connectivity index (χ2v) is 4.40. The van der Waals surface area contributed by atoms with Gasteiger partial charge in [0.05, 0.1) is 10.7 Å². The van der Waals surface area contributed by atoms with Gasteiger partial charge in [0, 0.05) is 18.9 Å². The van der Waals surface area contributed by atoms with Gasteiger partial charge in [0.25, 0.3) is 0 Å². The smallest absolute Gasteiger partial charge is 0.207 e. The molecule has 0 aliphatic rings. The maximum atomic E-state index is 13.0. The molecule has 1 aromatic carbocycles. The van der Waals surface area contributed by atoms with Crippen molar-refractivity contribution in [1.82, 2.24) is 9.55 Å². The average molecular weight is 268 g/mol. The number of anilines is 1. The second kappa shape index (κ2) is 5.87. The molecule has 0 saturated carbocycles. The summed E-state index contributed by atoms with van der Waals surface area (Å²) in [5, 5.41) is 3.60. The Labute approximate surface area is 111 Å². The average Bonchev–Trinajstić information content (AvgIpc) is 2.78. The predicted octanol–water partition coefficient (Wildman–Crippen LogP) is 3.88. The number of aromatic nitrogens is 2. The molecule has 0 radical (unpaired) electrons. The molecule has 96 valence electrons. The summed E-state index contributed by atoms with van der Waals surface area (Å²) in [7, 11) is 0. The lowest BCUT2D eigenvalue weighted by atomic mass is 10.3. The first-order valence-corrected chi connectivity index (χ1v) is 6.33. The van der Waals surface area contributed by atoms with Crippen LogP contribution in [0.4, 0.5) is 10.3 Å². The number of hydrogen-bond donors (Lipinski definition) is 1. The van der Waals surface area contributed by atoms with Crippen LogP contribution in [0.2, 0.25) is 5.02 Å². The van der Waals surface area contributed by atoms with E-state index in [1.807, 2.05) is 4.57 Å². The zero-order valence-electron chi connectivity index (χ0n) is 10.2. The summed E-state index contributed by atoms with van der Waals surface area (Å²) < 4.78 is 14.8. The Hall–Kier alpha value is -1.55. The first-order chi connectivity index (χ1) is 8.72. The minimum atomic E-state index is -0.343. The fraction of sp³-hybridized carbons (Fsp3) is 0.308. The first-order valence-electron chi connectivity index (χ1n) is 5.95. The van der Waals surface area contributed by atoms with Gasteiger partial charge in [-0.15, -0.1) is 0 Å². The molecule has 0 aliphatic heterocycles. The molecule has 0 spiro atoms. The molecule has 0 saturated heterocycles. The molecule has 0 bridgehead atoms. The number of unbranched alkanes of at least 4 members (excludes halogenated alkanes) is 1. The molecular formula is C13H15ClFN3. The van der Waals surface area contributed by atoms with Crippen LogP contribution in [0.15, 0.2) is 30.6 Å². The topological polar surface area (TPSA) is 29.9 Å². The molecule has 0 amide bonds. The van der Waals surface area contributed by atoms with E-state index in [-0.39, 0.29) is 5.82 Å². The number of hydrogen-bond acceptors (Lipinski definition) is 2. The van der Waals surface area contributed by atoms with Gasteiger partial charge in [-0.2, -0.15) is 0 Å². The summed E-state index contributed by atoms with van der Waals surface area (Å²) in [6.07, 6.45) is 5.68. The lowest BCUT2D eigenvalue weighted by Crippen LogP contribution is -2.07. The summed E-state index contributed by atoms with van der Waals surface area (Å²) in [6, 6.07) is 4.33. The van der Waals surface area contributed by atoms with Gasteiger partial charge in [-0.25, -0.2) is 9.37 Å². The fourth-order valence-corrected chi connectivity index (χ4v) is 1.94. The van der Waals surface area contributed by atoms with Gasteiger partial charge in [0.1, 0.15) is 5.82 Å². The standard InChI is InChI=1S/C13H15ClFN3/c1-2-3-6-16-13-17-7-8-18(13)12-5-4-10(15)9-11(12)14/h4-5,7-9H,2-3,6H2,1H3,(H,16,17). The predicted molar refractivity (Wildman–Crippen MR) is 71.9 cm³/mol. The Morgan fingerprint density at radius 3 is 3.00 bits per heavy atom. The van der Waals surface area contributed by atoms with Gasteiger partial charge >= 0.3 is 0 Å². The summed E-state index contributed by atoms with van der Waals surface area (Å²) in [5.74, 6) is 0.376. The van der Waals surface area contributed by atoms with Gasteiger partial charge in [-0.05, 0) is 24.6 Å². The van der Waals surface area contributed by atoms with Crippen molar-refractivity contribution in [2.75, 3.05) is 11.9 Å². The molecular weight excluding hydrogens is 253 g/mol. The Morgan fingerprint density at radius 2 is 2.28 bits per heavy atom. The molecule has 0 fully saturated rings. The number of benzene rings is 1. The Bertz CT molecular complexity index is 525. The molecule has 2 aromatic rings. The van der Waals surface area contributed by atoms with E-state index in [1.165, 1.54) is 12.1 Å². The van der Waals surface area contributed by atoms with Gasteiger partial charge in [0.15, 0.2) is 0 Å². The van der Waals surface area contributed by atoms with Crippen molar-refractivity contribution in [3.8, 4) is 5.69 Å². The Kier molecular flexibility index (Phi) is 4.20. The summed E-state index contributed by atoms with van der Waals surface area (Å²) in [5.41, 5.74) is 0.717. The molecule has 1 heterocycles. The van der Waals surface area contributed by atoms with Crippen LogP contribution in [0.3, 0.4) is 0 Å². The molecule has 0 unspecified atom stereocenters. The van der Waals surface area contributed by atoms with E-state index in [2.05, 4.69) is 17.2 Å². The maximum Gasteiger partial charge on any atom is 0.207 e. The van der Waals surface area contributed by atoms with Gasteiger partial charge in [-0.3, -0.25) is 4.57 Å². The van der Waals surface area contributed by atoms with Crippen molar-refractivity contribution < 1.29 is 4.39 Å². The highest BCUT2D eigenvalue weighted by molar-refractivity contribution is 6.32. The van der Waals surface area contributed by atoms with Crippen LogP contribution in [0.1, 0.15) is 19.8 Å². The van der Waals surface area contributed by atoms with Crippen molar-refractivity contribution in [3.05, 3.63) is 41.4 Å². The highest BCUT2D eigenvalue weighted by atomic mass is 35.5. The van der Waals surface area contributed by atoms with Crippen LogP contribution in [-0.4, -0.2) is 16.1 Å². The highest BCUT2D eigenvalue weighted by Crippen LogP contribution is 2.24. The summed E-state index contributed by atoms with van der Waals surface area (Å²) >= 11 is 6.04. The van der Waals surface area contributed by atoms with E-state index in [0.717, 1.165) is 31.0 Å². The van der Waals surface area contributed by atoms with E-state index >= 15 is 0 Å². The molecule has 0 aliphatic carbocycles. The van der Waals surface area contributed by atoms with E-state index in [0.29, 0.717) is 5.02 Å². The SMILES string of the molecule is CCCCNc1nccn1-c1ccc(F)cc1Cl. The fourth-order valence-electron chi connectivity index (χ4n) is 1.68. The molecule has 0 atom stereocenters. The normalized spacial score (nSPS) is 10.6. The third-order valence-corrected chi connectivity index (χ3v) is 2.93. The van der Waals surface area contributed by atoms with Crippen LogP contribution in [0.25, 0.3) is 5.69 Å². The van der Waals surface area contributed by atoms with Crippen molar-refractivity contribution >= 4 is 17.5 Å². The van der Waals surface area contributed by atoms with Crippen LogP contribution in [0.5, 0.6) is 0 Å². The number of nitrogens with zero attached hydrogens (tertiary/aromatic N) is 2. The monoisotopic (exact) mass is 267 g/mol. The minimum absolute atomic E-state index is 0.343. The molecule has 1 N–H and O–H groups in total. The van der Waals surface area contributed by atoms with Crippen LogP contribution >= 0.6 is 11.6 Å². The molecule has 18 heavy (non-hydrogen) atoms. The van der Waals surface area contributed by atoms with E-state index in [1.54, 1.807) is 18.5 Å². The number of halogens is 2. The lowest BCUT2D eigenvalue weighted by Gasteiger charge is -2.11. The molecule has 2 rings (SSSR count). The summed E-state index contributed by atoms with van der Waals surface area (Å²) in [6.45, 7) is 2.98. The molecule has 3 nitrogen and oxygen atoms in total. The molecule has 1 aromatic heterocycles. The van der Waals surface area contributed by atoms with Crippen LogP contribution < -0.4 is 5.32 Å². The first kappa shape index (κ1) is 12.9. The molecule has 5 heteroatoms. The lowest BCUT2D eigenvalue weighted by molar-refractivity contribution is 0.627. The number of imidazole rings is 1. The number of nitrogens with one attached hydrogen (secondary N) is 1. The van der Waals surface area contributed by atoms with Crippen LogP contribution in [0, 0.1) is 5.82 Å². The Morgan fingerprint density at radius 1 is 1.44 bits per heavy atom. The largest absolute Gasteiger partial charge is 0.355 e. The van der Waals surface area contributed by atoms with Crippen molar-refractivity contribution in [3.63, 3.8) is 0 Å². The Balaban J connectivity index is 2.25. The van der Waals surface area contributed by atoms with Crippen molar-refractivity contribution in [2.45, 2.75) is 19.8 Å². The second-order valence-electron chi connectivity index (χ2n) is 4.00. The van der Waals surface area contributed by atoms with Gasteiger partial charge < -0.3 is 5.32 Å². The zero-order valence-corrected chi connectivity index (χ0v) is 10.9. The minimum Gasteiger partial charge on any atom is -0.355 e. The van der Waals surface area contributed by atoms with Crippen molar-refractivity contribution in [1.29, 1.82) is 0 Å². The summed E-state index contributed by atoms with van der Waals surface area (Å²) in [4.78, 5) is 4.23. The highest BCUT2D eigenvalue weighted by Gasteiger charge is 2.08. The maximum absolute atomic E-state index is 13.0. The third kappa shape index (κ3) is 2.82. The quantitative estimate of drug-likeness (QED) is 0.834. The number of rotatable bonds is 5. The van der Waals surface area contributed by atoms with Crippen molar-refractivity contribution in [2.24, 2.45) is 0 Å². The van der Waals surface area contributed by atoms with Gasteiger partial charge in [-0.1, -0.05) is 24.9 Å². The van der Waals surface area contributed by atoms with Gasteiger partial charge in [0.2, 0.25) is 5.95 Å². The third-order valence-electron chi connectivity index (χ3n) is 2.62. The van der Waals surface area contributed by atoms with E-state index < -0.39 is 0 Å². The van der Waals surface area contributed by atoms with E-state index in [4.69, 9.17) is 11.6 Å². The van der Waals surface area contributed by atoms with Crippen LogP contribution in [-0.2, 0) is 0 Å².